The lowest BCUT2D eigenvalue weighted by atomic mass is 9.57. The van der Waals surface area contributed by atoms with E-state index in [-0.39, 0.29) is 0 Å². The summed E-state index contributed by atoms with van der Waals surface area (Å²) in [6, 6.07) is 0.825. The minimum atomic E-state index is 0.752. The summed E-state index contributed by atoms with van der Waals surface area (Å²) in [7, 11) is 2.30. The fraction of sp³-hybridized carbons (Fsp3) is 1.00. The molecule has 0 unspecified atom stereocenters. The Morgan fingerprint density at radius 1 is 1.38 bits per heavy atom. The average molecular weight is 181 g/mol. The van der Waals surface area contributed by atoms with Crippen molar-refractivity contribution in [3.63, 3.8) is 0 Å². The third kappa shape index (κ3) is 1.63. The van der Waals surface area contributed by atoms with Crippen molar-refractivity contribution in [2.45, 2.75) is 52.0 Å². The summed E-state index contributed by atoms with van der Waals surface area (Å²) in [5.41, 5.74) is 0.752. The van der Waals surface area contributed by atoms with Gasteiger partial charge in [0.2, 0.25) is 0 Å². The Kier molecular flexibility index (Phi) is 2.39. The highest BCUT2D eigenvalue weighted by Gasteiger charge is 2.45. The van der Waals surface area contributed by atoms with E-state index in [0.717, 1.165) is 17.4 Å². The van der Waals surface area contributed by atoms with E-state index in [1.165, 1.54) is 38.6 Å². The first-order chi connectivity index (χ1) is 6.15. The fourth-order valence-electron chi connectivity index (χ4n) is 3.29. The quantitative estimate of drug-likeness (QED) is 0.601. The summed E-state index contributed by atoms with van der Waals surface area (Å²) >= 11 is 0. The van der Waals surface area contributed by atoms with Gasteiger partial charge in [0, 0.05) is 12.6 Å². The van der Waals surface area contributed by atoms with Crippen LogP contribution in [0.1, 0.15) is 46.0 Å². The number of hydrogen-bond acceptors (Lipinski definition) is 1. The van der Waals surface area contributed by atoms with E-state index in [1.54, 1.807) is 0 Å². The topological polar surface area (TPSA) is 3.24 Å². The molecule has 1 nitrogen and oxygen atoms in total. The van der Waals surface area contributed by atoms with Gasteiger partial charge < -0.3 is 4.90 Å². The zero-order valence-corrected chi connectivity index (χ0v) is 9.34. The van der Waals surface area contributed by atoms with Gasteiger partial charge in [-0.15, -0.1) is 0 Å². The van der Waals surface area contributed by atoms with Gasteiger partial charge in [-0.1, -0.05) is 13.3 Å². The molecule has 1 aliphatic heterocycles. The maximum absolute atomic E-state index is 2.56. The second-order valence-electron chi connectivity index (χ2n) is 5.49. The lowest BCUT2D eigenvalue weighted by molar-refractivity contribution is -0.0341. The first-order valence-electron chi connectivity index (χ1n) is 5.85. The standard InChI is InChI=1S/C12H23N/c1-4-11-7-12(8-11)6-5-10(2)13(3)9-12/h10-11H,4-9H2,1-3H3/t10-,11?,12?/m0/s1. The van der Waals surface area contributed by atoms with Crippen LogP contribution >= 0.6 is 0 Å². The molecule has 0 aromatic carbocycles. The molecule has 0 N–H and O–H groups in total. The maximum atomic E-state index is 2.56. The highest BCUT2D eigenvalue weighted by atomic mass is 15.1. The van der Waals surface area contributed by atoms with Gasteiger partial charge in [0.15, 0.2) is 0 Å². The SMILES string of the molecule is CCC1CC2(CC[C@H](C)N(C)C2)C1. The summed E-state index contributed by atoms with van der Waals surface area (Å²) in [5.74, 6) is 1.06. The molecule has 2 rings (SSSR count). The van der Waals surface area contributed by atoms with E-state index >= 15 is 0 Å². The molecular weight excluding hydrogens is 158 g/mol. The van der Waals surface area contributed by atoms with Gasteiger partial charge >= 0.3 is 0 Å². The van der Waals surface area contributed by atoms with Gasteiger partial charge in [-0.25, -0.2) is 0 Å². The van der Waals surface area contributed by atoms with Crippen LogP contribution in [0.25, 0.3) is 0 Å². The molecular formula is C12H23N. The summed E-state index contributed by atoms with van der Waals surface area (Å²) in [6.07, 6.45) is 7.35. The normalized spacial score (nSPS) is 46.4. The van der Waals surface area contributed by atoms with Crippen LogP contribution in [0.15, 0.2) is 0 Å². The molecule has 1 saturated carbocycles. The highest BCUT2D eigenvalue weighted by molar-refractivity contribution is 4.98. The zero-order chi connectivity index (χ0) is 9.47. The van der Waals surface area contributed by atoms with Crippen molar-refractivity contribution in [1.82, 2.24) is 4.90 Å². The molecule has 1 saturated heterocycles. The van der Waals surface area contributed by atoms with Crippen LogP contribution in [0, 0.1) is 11.3 Å². The molecule has 1 atom stereocenters. The van der Waals surface area contributed by atoms with Crippen LogP contribution in [0.4, 0.5) is 0 Å². The first kappa shape index (κ1) is 9.51. The Hall–Kier alpha value is -0.0400. The molecule has 76 valence electrons. The molecule has 0 aromatic heterocycles. The van der Waals surface area contributed by atoms with Gasteiger partial charge in [0.25, 0.3) is 0 Å². The molecule has 2 aliphatic rings. The maximum Gasteiger partial charge on any atom is 0.00643 e. The molecule has 0 radical (unpaired) electrons. The largest absolute Gasteiger partial charge is 0.303 e. The average Bonchev–Trinajstić information content (AvgIpc) is 2.06. The molecule has 0 aromatic rings. The molecule has 0 bridgehead atoms. The fourth-order valence-corrected chi connectivity index (χ4v) is 3.29. The van der Waals surface area contributed by atoms with Crippen LogP contribution in [-0.4, -0.2) is 24.5 Å². The Balaban J connectivity index is 1.89. The monoisotopic (exact) mass is 181 g/mol. The minimum Gasteiger partial charge on any atom is -0.303 e. The van der Waals surface area contributed by atoms with E-state index in [0.29, 0.717) is 0 Å². The molecule has 1 heterocycles. The number of hydrogen-bond donors (Lipinski definition) is 0. The highest BCUT2D eigenvalue weighted by Crippen LogP contribution is 2.52. The Morgan fingerprint density at radius 2 is 2.08 bits per heavy atom. The second-order valence-corrected chi connectivity index (χ2v) is 5.49. The summed E-state index contributed by atoms with van der Waals surface area (Å²) in [5, 5.41) is 0. The summed E-state index contributed by atoms with van der Waals surface area (Å²) in [4.78, 5) is 2.56. The van der Waals surface area contributed by atoms with Gasteiger partial charge in [0.05, 0.1) is 0 Å². The van der Waals surface area contributed by atoms with Crippen LogP contribution in [0.2, 0.25) is 0 Å². The first-order valence-corrected chi connectivity index (χ1v) is 5.85. The predicted molar refractivity (Wildman–Crippen MR) is 56.8 cm³/mol. The summed E-state index contributed by atoms with van der Waals surface area (Å²) in [6.45, 7) is 6.07. The third-order valence-corrected chi connectivity index (χ3v) is 4.45. The number of likely N-dealkylation sites (tertiary alicyclic amines) is 1. The predicted octanol–water partition coefficient (Wildman–Crippen LogP) is 2.91. The molecule has 1 spiro atoms. The van der Waals surface area contributed by atoms with Crippen LogP contribution in [0.5, 0.6) is 0 Å². The Bertz CT molecular complexity index is 176. The third-order valence-electron chi connectivity index (χ3n) is 4.45. The van der Waals surface area contributed by atoms with Crippen molar-refractivity contribution in [3.8, 4) is 0 Å². The second kappa shape index (κ2) is 3.27. The van der Waals surface area contributed by atoms with Crippen molar-refractivity contribution >= 4 is 0 Å². The van der Waals surface area contributed by atoms with Gasteiger partial charge in [0.1, 0.15) is 0 Å². The molecule has 2 fully saturated rings. The van der Waals surface area contributed by atoms with Crippen LogP contribution < -0.4 is 0 Å². The lowest BCUT2D eigenvalue weighted by Crippen LogP contribution is -2.51. The summed E-state index contributed by atoms with van der Waals surface area (Å²) < 4.78 is 0. The Morgan fingerprint density at radius 3 is 2.62 bits per heavy atom. The molecule has 0 amide bonds. The molecule has 1 aliphatic carbocycles. The van der Waals surface area contributed by atoms with E-state index in [4.69, 9.17) is 0 Å². The van der Waals surface area contributed by atoms with Crippen LogP contribution in [0.3, 0.4) is 0 Å². The van der Waals surface area contributed by atoms with E-state index in [9.17, 15) is 0 Å². The van der Waals surface area contributed by atoms with Crippen molar-refractivity contribution in [2.24, 2.45) is 11.3 Å². The van der Waals surface area contributed by atoms with Gasteiger partial charge in [-0.3, -0.25) is 0 Å². The van der Waals surface area contributed by atoms with Crippen molar-refractivity contribution in [1.29, 1.82) is 0 Å². The van der Waals surface area contributed by atoms with Crippen LogP contribution in [-0.2, 0) is 0 Å². The van der Waals surface area contributed by atoms with E-state index in [2.05, 4.69) is 25.8 Å². The number of piperidine rings is 1. The number of rotatable bonds is 1. The lowest BCUT2D eigenvalue weighted by Gasteiger charge is -2.54. The van der Waals surface area contributed by atoms with Crippen molar-refractivity contribution in [3.05, 3.63) is 0 Å². The molecule has 1 heteroatoms. The van der Waals surface area contributed by atoms with Crippen molar-refractivity contribution < 1.29 is 0 Å². The zero-order valence-electron chi connectivity index (χ0n) is 9.34. The minimum absolute atomic E-state index is 0.752. The van der Waals surface area contributed by atoms with E-state index in [1.807, 2.05) is 0 Å². The van der Waals surface area contributed by atoms with Gasteiger partial charge in [-0.05, 0) is 51.0 Å². The Labute approximate surface area is 82.5 Å². The van der Waals surface area contributed by atoms with Gasteiger partial charge in [-0.2, -0.15) is 0 Å². The molecule has 13 heavy (non-hydrogen) atoms. The van der Waals surface area contributed by atoms with E-state index < -0.39 is 0 Å². The van der Waals surface area contributed by atoms with Crippen molar-refractivity contribution in [2.75, 3.05) is 13.6 Å². The number of nitrogens with zero attached hydrogens (tertiary/aromatic N) is 1. The smallest absolute Gasteiger partial charge is 0.00643 e.